The summed E-state index contributed by atoms with van der Waals surface area (Å²) in [6.07, 6.45) is 1.84. The molecule has 0 amide bonds. The maximum absolute atomic E-state index is 11.2. The van der Waals surface area contributed by atoms with Crippen molar-refractivity contribution < 1.29 is 19.1 Å². The summed E-state index contributed by atoms with van der Waals surface area (Å²) < 4.78 is 16.4. The molecule has 0 aromatic carbocycles. The second kappa shape index (κ2) is 5.93. The Morgan fingerprint density at radius 2 is 1.39 bits per heavy atom. The molecule has 0 aliphatic heterocycles. The number of esters is 2. The molecular formula is C8H4N4O4S2. The van der Waals surface area contributed by atoms with Gasteiger partial charge in [0.05, 0.1) is 10.8 Å². The molecule has 92 valence electrons. The molecule has 0 N–H and O–H groups in total. The number of hydrogen-bond donors (Lipinski definition) is 0. The van der Waals surface area contributed by atoms with Crippen LogP contribution >= 0.6 is 23.1 Å². The molecule has 0 fully saturated rings. The summed E-state index contributed by atoms with van der Waals surface area (Å²) in [7, 11) is 0. The average molecular weight is 284 g/mol. The SMILES string of the molecule is O=C(/C=C/C(=O)Oc1csnn1)Oc1csnn1. The molecule has 0 saturated heterocycles. The van der Waals surface area contributed by atoms with E-state index in [2.05, 4.69) is 19.2 Å². The van der Waals surface area contributed by atoms with E-state index >= 15 is 0 Å². The zero-order chi connectivity index (χ0) is 12.8. The minimum Gasteiger partial charge on any atom is -0.402 e. The Kier molecular flexibility index (Phi) is 4.04. The van der Waals surface area contributed by atoms with Crippen molar-refractivity contribution in [3.05, 3.63) is 22.9 Å². The van der Waals surface area contributed by atoms with E-state index in [1.54, 1.807) is 0 Å². The van der Waals surface area contributed by atoms with Crippen molar-refractivity contribution in [1.29, 1.82) is 0 Å². The van der Waals surface area contributed by atoms with E-state index in [4.69, 9.17) is 9.47 Å². The first kappa shape index (κ1) is 12.3. The number of hydrogen-bond acceptors (Lipinski definition) is 10. The molecule has 18 heavy (non-hydrogen) atoms. The normalized spacial score (nSPS) is 10.4. The Morgan fingerprint density at radius 3 is 1.72 bits per heavy atom. The maximum Gasteiger partial charge on any atom is 0.337 e. The number of ether oxygens (including phenoxy) is 2. The molecule has 0 radical (unpaired) electrons. The van der Waals surface area contributed by atoms with Gasteiger partial charge in [-0.2, -0.15) is 0 Å². The minimum atomic E-state index is -0.754. The molecule has 0 unspecified atom stereocenters. The fraction of sp³-hybridized carbons (Fsp3) is 0. The second-order valence-corrected chi connectivity index (χ2v) is 3.88. The summed E-state index contributed by atoms with van der Waals surface area (Å²) in [5.74, 6) is -1.36. The molecule has 0 aliphatic carbocycles. The van der Waals surface area contributed by atoms with Crippen LogP contribution in [0.4, 0.5) is 0 Å². The molecule has 0 atom stereocenters. The summed E-state index contributed by atoms with van der Waals surface area (Å²) in [6, 6.07) is 0. The highest BCUT2D eigenvalue weighted by molar-refractivity contribution is 7.03. The van der Waals surface area contributed by atoms with Gasteiger partial charge in [0.2, 0.25) is 0 Å². The van der Waals surface area contributed by atoms with Crippen molar-refractivity contribution in [2.45, 2.75) is 0 Å². The molecule has 0 spiro atoms. The van der Waals surface area contributed by atoms with Gasteiger partial charge in [-0.3, -0.25) is 0 Å². The van der Waals surface area contributed by atoms with E-state index < -0.39 is 11.9 Å². The molecule has 8 nitrogen and oxygen atoms in total. The number of carbonyl (C=O) groups is 2. The Labute approximate surface area is 108 Å². The van der Waals surface area contributed by atoms with Gasteiger partial charge in [-0.15, -0.1) is 0 Å². The number of carbonyl (C=O) groups excluding carboxylic acids is 2. The van der Waals surface area contributed by atoms with Crippen LogP contribution in [-0.4, -0.2) is 31.1 Å². The highest BCUT2D eigenvalue weighted by Gasteiger charge is 2.06. The number of aromatic nitrogens is 4. The van der Waals surface area contributed by atoms with E-state index in [0.29, 0.717) is 0 Å². The fourth-order valence-electron chi connectivity index (χ4n) is 0.811. The van der Waals surface area contributed by atoms with Crippen molar-refractivity contribution in [2.75, 3.05) is 0 Å². The minimum absolute atomic E-state index is 0.0757. The van der Waals surface area contributed by atoms with Gasteiger partial charge in [0.15, 0.2) is 0 Å². The molecule has 2 aromatic rings. The van der Waals surface area contributed by atoms with Crippen molar-refractivity contribution in [2.24, 2.45) is 0 Å². The largest absolute Gasteiger partial charge is 0.402 e. The van der Waals surface area contributed by atoms with E-state index in [9.17, 15) is 9.59 Å². The first-order valence-corrected chi connectivity index (χ1v) is 6.07. The average Bonchev–Trinajstić information content (AvgIpc) is 2.99. The van der Waals surface area contributed by atoms with Gasteiger partial charge in [0.1, 0.15) is 0 Å². The standard InChI is InChI=1S/C8H4N4O4S2/c13-7(15-5-3-17-11-9-5)1-2-8(14)16-6-4-18-12-10-6/h1-4H/b2-1+. The highest BCUT2D eigenvalue weighted by Crippen LogP contribution is 2.08. The van der Waals surface area contributed by atoms with Crippen LogP contribution in [0.5, 0.6) is 11.8 Å². The van der Waals surface area contributed by atoms with Crippen LogP contribution in [0.1, 0.15) is 0 Å². The first-order valence-electron chi connectivity index (χ1n) is 4.40. The number of rotatable bonds is 4. The smallest absolute Gasteiger partial charge is 0.337 e. The predicted molar refractivity (Wildman–Crippen MR) is 60.2 cm³/mol. The maximum atomic E-state index is 11.2. The van der Waals surface area contributed by atoms with E-state index in [0.717, 1.165) is 35.2 Å². The van der Waals surface area contributed by atoms with Crippen LogP contribution in [0.15, 0.2) is 22.9 Å². The van der Waals surface area contributed by atoms with Gasteiger partial charge in [-0.1, -0.05) is 19.2 Å². The van der Waals surface area contributed by atoms with E-state index in [-0.39, 0.29) is 11.8 Å². The summed E-state index contributed by atoms with van der Waals surface area (Å²) in [5, 5.41) is 9.90. The topological polar surface area (TPSA) is 104 Å². The van der Waals surface area contributed by atoms with Crippen LogP contribution in [0.25, 0.3) is 0 Å². The lowest BCUT2D eigenvalue weighted by Gasteiger charge is -1.94. The monoisotopic (exact) mass is 284 g/mol. The van der Waals surface area contributed by atoms with Gasteiger partial charge in [0.25, 0.3) is 11.8 Å². The highest BCUT2D eigenvalue weighted by atomic mass is 32.1. The molecule has 2 heterocycles. The van der Waals surface area contributed by atoms with Crippen molar-refractivity contribution in [1.82, 2.24) is 19.2 Å². The summed E-state index contributed by atoms with van der Waals surface area (Å²) in [4.78, 5) is 22.4. The second-order valence-electron chi connectivity index (χ2n) is 2.66. The Hall–Kier alpha value is -2.20. The third-order valence-corrected chi connectivity index (χ3v) is 2.41. The lowest BCUT2D eigenvalue weighted by Crippen LogP contribution is -2.08. The van der Waals surface area contributed by atoms with E-state index in [1.165, 1.54) is 10.8 Å². The molecule has 0 saturated carbocycles. The van der Waals surface area contributed by atoms with Crippen LogP contribution in [0.2, 0.25) is 0 Å². The Balaban J connectivity index is 1.83. The Morgan fingerprint density at radius 1 is 0.944 bits per heavy atom. The van der Waals surface area contributed by atoms with Crippen LogP contribution in [0, 0.1) is 0 Å². The fourth-order valence-corrected chi connectivity index (χ4v) is 1.53. The van der Waals surface area contributed by atoms with Crippen LogP contribution < -0.4 is 9.47 Å². The van der Waals surface area contributed by atoms with Gasteiger partial charge >= 0.3 is 11.9 Å². The lowest BCUT2D eigenvalue weighted by molar-refractivity contribution is -0.131. The first-order chi connectivity index (χ1) is 8.74. The lowest BCUT2D eigenvalue weighted by atomic mass is 10.5. The zero-order valence-electron chi connectivity index (χ0n) is 8.55. The van der Waals surface area contributed by atoms with Gasteiger partial charge < -0.3 is 9.47 Å². The summed E-state index contributed by atoms with van der Waals surface area (Å²) in [5.41, 5.74) is 0. The van der Waals surface area contributed by atoms with Gasteiger partial charge in [0, 0.05) is 12.2 Å². The third-order valence-electron chi connectivity index (χ3n) is 1.45. The van der Waals surface area contributed by atoms with Crippen LogP contribution in [-0.2, 0) is 9.59 Å². The predicted octanol–water partition coefficient (Wildman–Crippen LogP) is 0.457. The van der Waals surface area contributed by atoms with Crippen molar-refractivity contribution in [3.63, 3.8) is 0 Å². The molecular weight excluding hydrogens is 280 g/mol. The molecule has 0 bridgehead atoms. The van der Waals surface area contributed by atoms with Gasteiger partial charge in [-0.05, 0) is 23.1 Å². The Bertz CT molecular complexity index is 501. The molecule has 0 aliphatic rings. The van der Waals surface area contributed by atoms with Crippen molar-refractivity contribution in [3.8, 4) is 11.8 Å². The summed E-state index contributed by atoms with van der Waals surface area (Å²) >= 11 is 2.08. The van der Waals surface area contributed by atoms with Crippen molar-refractivity contribution >= 4 is 35.0 Å². The number of nitrogens with zero attached hydrogens (tertiary/aromatic N) is 4. The molecule has 10 heteroatoms. The third kappa shape index (κ3) is 3.68. The van der Waals surface area contributed by atoms with Crippen LogP contribution in [0.3, 0.4) is 0 Å². The molecule has 2 aromatic heterocycles. The summed E-state index contributed by atoms with van der Waals surface area (Å²) in [6.45, 7) is 0. The molecule has 2 rings (SSSR count). The quantitative estimate of drug-likeness (QED) is 0.589. The zero-order valence-corrected chi connectivity index (χ0v) is 10.2. The van der Waals surface area contributed by atoms with Gasteiger partial charge in [-0.25, -0.2) is 9.59 Å². The van der Waals surface area contributed by atoms with E-state index in [1.807, 2.05) is 0 Å².